The van der Waals surface area contributed by atoms with Crippen molar-refractivity contribution in [3.63, 3.8) is 0 Å². The average molecular weight is 216 g/mol. The van der Waals surface area contributed by atoms with Gasteiger partial charge < -0.3 is 10.3 Å². The van der Waals surface area contributed by atoms with Crippen LogP contribution in [0.5, 0.6) is 5.75 Å². The number of hydrogen-bond donors (Lipinski definition) is 2. The Bertz CT molecular complexity index is 577. The number of nitrogens with zero attached hydrogens (tertiary/aromatic N) is 2. The van der Waals surface area contributed by atoms with Gasteiger partial charge in [-0.15, -0.1) is 0 Å². The number of oxime groups is 1. The summed E-state index contributed by atoms with van der Waals surface area (Å²) in [6.45, 7) is 3.80. The maximum Gasteiger partial charge on any atom is 0.144 e. The van der Waals surface area contributed by atoms with E-state index in [1.54, 1.807) is 6.07 Å². The lowest BCUT2D eigenvalue weighted by atomic mass is 10.0. The van der Waals surface area contributed by atoms with E-state index < -0.39 is 0 Å². The first-order valence-electron chi connectivity index (χ1n) is 4.91. The molecule has 0 fully saturated rings. The number of aromatic nitrogens is 1. The van der Waals surface area contributed by atoms with Crippen LogP contribution >= 0.6 is 0 Å². The maximum atomic E-state index is 9.91. The normalized spacial score (nSPS) is 11.4. The van der Waals surface area contributed by atoms with Crippen molar-refractivity contribution in [2.45, 2.75) is 13.8 Å². The largest absolute Gasteiger partial charge is 0.505 e. The fraction of sp³-hybridized carbons (Fsp3) is 0.167. The van der Waals surface area contributed by atoms with Crippen LogP contribution in [0.25, 0.3) is 10.9 Å². The predicted molar refractivity (Wildman–Crippen MR) is 62.3 cm³/mol. The van der Waals surface area contributed by atoms with Gasteiger partial charge in [-0.25, -0.2) is 4.98 Å². The number of fused-ring (bicyclic) bond motifs is 1. The van der Waals surface area contributed by atoms with E-state index in [1.807, 2.05) is 26.0 Å². The summed E-state index contributed by atoms with van der Waals surface area (Å²) in [5.74, 6) is 0.175. The molecule has 0 aliphatic heterocycles. The van der Waals surface area contributed by atoms with Gasteiger partial charge in [0.05, 0.1) is 11.9 Å². The molecule has 0 aliphatic carbocycles. The first kappa shape index (κ1) is 10.4. The van der Waals surface area contributed by atoms with Gasteiger partial charge in [0.25, 0.3) is 0 Å². The van der Waals surface area contributed by atoms with E-state index >= 15 is 0 Å². The quantitative estimate of drug-likeness (QED) is 0.437. The molecule has 2 rings (SSSR count). The molecule has 16 heavy (non-hydrogen) atoms. The highest BCUT2D eigenvalue weighted by atomic mass is 16.4. The van der Waals surface area contributed by atoms with E-state index in [9.17, 15) is 5.11 Å². The molecule has 4 heteroatoms. The van der Waals surface area contributed by atoms with Crippen molar-refractivity contribution in [2.75, 3.05) is 0 Å². The molecule has 1 aromatic heterocycles. The Morgan fingerprint density at radius 1 is 1.25 bits per heavy atom. The van der Waals surface area contributed by atoms with Crippen LogP contribution in [0, 0.1) is 13.8 Å². The Balaban J connectivity index is 2.81. The van der Waals surface area contributed by atoms with Gasteiger partial charge in [-0.1, -0.05) is 17.3 Å². The van der Waals surface area contributed by atoms with E-state index in [2.05, 4.69) is 10.1 Å². The van der Waals surface area contributed by atoms with Gasteiger partial charge in [-0.2, -0.15) is 0 Å². The lowest BCUT2D eigenvalue weighted by Crippen LogP contribution is -1.92. The van der Waals surface area contributed by atoms with Crippen molar-refractivity contribution < 1.29 is 10.3 Å². The van der Waals surface area contributed by atoms with Gasteiger partial charge in [0.1, 0.15) is 11.3 Å². The monoisotopic (exact) mass is 216 g/mol. The summed E-state index contributed by atoms with van der Waals surface area (Å²) in [5.41, 5.74) is 2.89. The minimum absolute atomic E-state index is 0.175. The van der Waals surface area contributed by atoms with Crippen LogP contribution in [0.15, 0.2) is 23.4 Å². The molecule has 0 saturated heterocycles. The third-order valence-electron chi connectivity index (χ3n) is 2.56. The Kier molecular flexibility index (Phi) is 2.48. The number of aromatic hydroxyl groups is 1. The Morgan fingerprint density at radius 3 is 2.69 bits per heavy atom. The summed E-state index contributed by atoms with van der Waals surface area (Å²) in [4.78, 5) is 4.23. The molecule has 0 radical (unpaired) electrons. The third-order valence-corrected chi connectivity index (χ3v) is 2.56. The van der Waals surface area contributed by atoms with Crippen LogP contribution in [0.4, 0.5) is 0 Å². The third kappa shape index (κ3) is 1.58. The number of phenols is 1. The molecule has 1 aromatic carbocycles. The molecule has 0 saturated carbocycles. The molecule has 0 amide bonds. The predicted octanol–water partition coefficient (Wildman–Crippen LogP) is 2.37. The van der Waals surface area contributed by atoms with Crippen LogP contribution in [0.1, 0.15) is 16.8 Å². The van der Waals surface area contributed by atoms with Crippen LogP contribution < -0.4 is 0 Å². The fourth-order valence-electron chi connectivity index (χ4n) is 1.76. The van der Waals surface area contributed by atoms with Crippen molar-refractivity contribution in [1.29, 1.82) is 0 Å². The van der Waals surface area contributed by atoms with Crippen LogP contribution in [-0.2, 0) is 0 Å². The highest BCUT2D eigenvalue weighted by molar-refractivity contribution is 5.91. The molecular weight excluding hydrogens is 204 g/mol. The number of benzene rings is 1. The first-order valence-corrected chi connectivity index (χ1v) is 4.91. The zero-order valence-corrected chi connectivity index (χ0v) is 9.10. The summed E-state index contributed by atoms with van der Waals surface area (Å²) in [6, 6.07) is 5.51. The first-order chi connectivity index (χ1) is 7.63. The van der Waals surface area contributed by atoms with Gasteiger partial charge in [-0.3, -0.25) is 0 Å². The Labute approximate surface area is 92.9 Å². The fourth-order valence-corrected chi connectivity index (χ4v) is 1.76. The summed E-state index contributed by atoms with van der Waals surface area (Å²) in [7, 11) is 0. The molecule has 0 bridgehead atoms. The maximum absolute atomic E-state index is 9.91. The van der Waals surface area contributed by atoms with Crippen molar-refractivity contribution in [2.24, 2.45) is 5.16 Å². The second-order valence-electron chi connectivity index (χ2n) is 3.74. The number of phenolic OH excluding ortho intramolecular Hbond substituents is 1. The lowest BCUT2D eigenvalue weighted by molar-refractivity contribution is 0.321. The highest BCUT2D eigenvalue weighted by Crippen LogP contribution is 2.29. The van der Waals surface area contributed by atoms with Crippen molar-refractivity contribution in [3.8, 4) is 5.75 Å². The van der Waals surface area contributed by atoms with E-state index in [0.29, 0.717) is 11.2 Å². The summed E-state index contributed by atoms with van der Waals surface area (Å²) in [6.07, 6.45) is 1.23. The molecule has 4 nitrogen and oxygen atoms in total. The van der Waals surface area contributed by atoms with Gasteiger partial charge in [0.15, 0.2) is 0 Å². The molecule has 0 unspecified atom stereocenters. The highest BCUT2D eigenvalue weighted by Gasteiger charge is 2.08. The van der Waals surface area contributed by atoms with Crippen LogP contribution in [-0.4, -0.2) is 21.5 Å². The molecule has 1 heterocycles. The zero-order chi connectivity index (χ0) is 11.7. The average Bonchev–Trinajstić information content (AvgIpc) is 2.26. The minimum Gasteiger partial charge on any atom is -0.505 e. The van der Waals surface area contributed by atoms with Gasteiger partial charge in [0.2, 0.25) is 0 Å². The summed E-state index contributed by atoms with van der Waals surface area (Å²) in [5, 5.41) is 22.2. The SMILES string of the molecule is Cc1cc(C)c2ccc(C=NO)nc2c1O. The lowest BCUT2D eigenvalue weighted by Gasteiger charge is -2.07. The van der Waals surface area contributed by atoms with Crippen molar-refractivity contribution in [3.05, 3.63) is 35.0 Å². The van der Waals surface area contributed by atoms with Crippen LogP contribution in [0.3, 0.4) is 0 Å². The molecular formula is C12H12N2O2. The molecule has 2 N–H and O–H groups in total. The van der Waals surface area contributed by atoms with Gasteiger partial charge >= 0.3 is 0 Å². The smallest absolute Gasteiger partial charge is 0.144 e. The molecule has 2 aromatic rings. The van der Waals surface area contributed by atoms with E-state index in [-0.39, 0.29) is 5.75 Å². The molecule has 0 aliphatic rings. The van der Waals surface area contributed by atoms with Crippen LogP contribution in [0.2, 0.25) is 0 Å². The molecule has 82 valence electrons. The second-order valence-corrected chi connectivity index (χ2v) is 3.74. The number of rotatable bonds is 1. The van der Waals surface area contributed by atoms with Gasteiger partial charge in [0, 0.05) is 5.39 Å². The Hall–Kier alpha value is -2.10. The molecule has 0 spiro atoms. The van der Waals surface area contributed by atoms with Crippen molar-refractivity contribution in [1.82, 2.24) is 4.98 Å². The van der Waals surface area contributed by atoms with Gasteiger partial charge in [-0.05, 0) is 31.0 Å². The minimum atomic E-state index is 0.175. The summed E-state index contributed by atoms with van der Waals surface area (Å²) < 4.78 is 0. The number of aryl methyl sites for hydroxylation is 2. The number of hydrogen-bond acceptors (Lipinski definition) is 4. The van der Waals surface area contributed by atoms with E-state index in [1.165, 1.54) is 6.21 Å². The Morgan fingerprint density at radius 2 is 2.00 bits per heavy atom. The zero-order valence-electron chi connectivity index (χ0n) is 9.10. The van der Waals surface area contributed by atoms with E-state index in [0.717, 1.165) is 16.5 Å². The standard InChI is InChI=1S/C12H12N2O2/c1-7-5-8(2)12(15)11-10(7)4-3-9(14-11)6-13-16/h3-6,15-16H,1-2H3. The van der Waals surface area contributed by atoms with E-state index in [4.69, 9.17) is 5.21 Å². The topological polar surface area (TPSA) is 65.7 Å². The van der Waals surface area contributed by atoms with Crippen molar-refractivity contribution >= 4 is 17.1 Å². The number of pyridine rings is 1. The molecule has 0 atom stereocenters. The second kappa shape index (κ2) is 3.81. The summed E-state index contributed by atoms with van der Waals surface area (Å²) >= 11 is 0.